The SMILES string of the molecule is [CH2]C/C=C/c1cccc(CC)c1. The lowest BCUT2D eigenvalue weighted by molar-refractivity contribution is 1.14. The highest BCUT2D eigenvalue weighted by Gasteiger charge is 1.88. The molecule has 0 bridgehead atoms. The van der Waals surface area contributed by atoms with E-state index in [0.717, 1.165) is 12.8 Å². The fourth-order valence-electron chi connectivity index (χ4n) is 1.14. The van der Waals surface area contributed by atoms with Crippen LogP contribution in [-0.2, 0) is 6.42 Å². The molecule has 0 aromatic heterocycles. The molecule has 1 aromatic carbocycles. The first-order valence-electron chi connectivity index (χ1n) is 4.41. The Morgan fingerprint density at radius 2 is 2.25 bits per heavy atom. The third-order valence-electron chi connectivity index (χ3n) is 1.84. The zero-order valence-corrected chi connectivity index (χ0v) is 7.59. The van der Waals surface area contributed by atoms with Gasteiger partial charge in [0.05, 0.1) is 0 Å². The highest BCUT2D eigenvalue weighted by molar-refractivity contribution is 5.50. The first kappa shape index (κ1) is 9.05. The number of rotatable bonds is 3. The number of hydrogen-bond donors (Lipinski definition) is 0. The normalized spacial score (nSPS) is 10.8. The van der Waals surface area contributed by atoms with Gasteiger partial charge in [-0.25, -0.2) is 0 Å². The van der Waals surface area contributed by atoms with Gasteiger partial charge in [-0.2, -0.15) is 0 Å². The minimum atomic E-state index is 0.857. The minimum Gasteiger partial charge on any atom is -0.0839 e. The first-order valence-corrected chi connectivity index (χ1v) is 4.41. The monoisotopic (exact) mass is 159 g/mol. The molecule has 0 saturated carbocycles. The number of aryl methyl sites for hydroxylation is 1. The average Bonchev–Trinajstić information content (AvgIpc) is 2.15. The molecule has 0 spiro atoms. The van der Waals surface area contributed by atoms with Crippen molar-refractivity contribution in [2.45, 2.75) is 19.8 Å². The molecule has 63 valence electrons. The lowest BCUT2D eigenvalue weighted by atomic mass is 10.1. The number of allylic oxidation sites excluding steroid dienone is 1. The maximum Gasteiger partial charge on any atom is -0.0257 e. The quantitative estimate of drug-likeness (QED) is 0.633. The van der Waals surface area contributed by atoms with Gasteiger partial charge in [-0.3, -0.25) is 0 Å². The predicted octanol–water partition coefficient (Wildman–Crippen LogP) is 3.49. The standard InChI is InChI=1S/C12H15/c1-3-5-7-12-9-6-8-11(4-2)10-12/h5-10H,1,3-4H2,2H3/b7-5+. The van der Waals surface area contributed by atoms with Gasteiger partial charge in [0.25, 0.3) is 0 Å². The number of hydrogen-bond acceptors (Lipinski definition) is 0. The van der Waals surface area contributed by atoms with Gasteiger partial charge in [-0.1, -0.05) is 43.3 Å². The van der Waals surface area contributed by atoms with Gasteiger partial charge in [-0.05, 0) is 30.9 Å². The second-order valence-electron chi connectivity index (χ2n) is 2.79. The molecule has 0 saturated heterocycles. The summed E-state index contributed by atoms with van der Waals surface area (Å²) in [4.78, 5) is 0. The molecule has 0 amide bonds. The second kappa shape index (κ2) is 4.76. The lowest BCUT2D eigenvalue weighted by Gasteiger charge is -1.97. The Kier molecular flexibility index (Phi) is 3.59. The molecule has 0 unspecified atom stereocenters. The van der Waals surface area contributed by atoms with E-state index in [1.165, 1.54) is 11.1 Å². The molecule has 12 heavy (non-hydrogen) atoms. The zero-order chi connectivity index (χ0) is 8.81. The van der Waals surface area contributed by atoms with E-state index in [0.29, 0.717) is 0 Å². The summed E-state index contributed by atoms with van der Waals surface area (Å²) in [5, 5.41) is 0. The van der Waals surface area contributed by atoms with Gasteiger partial charge < -0.3 is 0 Å². The highest BCUT2D eigenvalue weighted by atomic mass is 13.9. The molecule has 0 N–H and O–H groups in total. The average molecular weight is 159 g/mol. The van der Waals surface area contributed by atoms with Crippen molar-refractivity contribution in [1.82, 2.24) is 0 Å². The minimum absolute atomic E-state index is 0.857. The summed E-state index contributed by atoms with van der Waals surface area (Å²) in [7, 11) is 0. The van der Waals surface area contributed by atoms with Crippen LogP contribution in [0.15, 0.2) is 30.3 Å². The van der Waals surface area contributed by atoms with Crippen LogP contribution in [0.5, 0.6) is 0 Å². The fraction of sp³-hybridized carbons (Fsp3) is 0.250. The van der Waals surface area contributed by atoms with E-state index in [4.69, 9.17) is 0 Å². The summed E-state index contributed by atoms with van der Waals surface area (Å²) < 4.78 is 0. The summed E-state index contributed by atoms with van der Waals surface area (Å²) in [5.41, 5.74) is 2.67. The molecule has 1 radical (unpaired) electrons. The molecule has 0 aliphatic rings. The molecular formula is C12H15. The van der Waals surface area contributed by atoms with Crippen molar-refractivity contribution in [2.24, 2.45) is 0 Å². The molecule has 1 rings (SSSR count). The van der Waals surface area contributed by atoms with Crippen molar-refractivity contribution < 1.29 is 0 Å². The third-order valence-corrected chi connectivity index (χ3v) is 1.84. The van der Waals surface area contributed by atoms with Crippen molar-refractivity contribution in [3.63, 3.8) is 0 Å². The Labute approximate surface area is 74.9 Å². The van der Waals surface area contributed by atoms with E-state index < -0.39 is 0 Å². The van der Waals surface area contributed by atoms with Crippen molar-refractivity contribution in [2.75, 3.05) is 0 Å². The van der Waals surface area contributed by atoms with Gasteiger partial charge in [0.1, 0.15) is 0 Å². The van der Waals surface area contributed by atoms with Gasteiger partial charge >= 0.3 is 0 Å². The first-order chi connectivity index (χ1) is 5.86. The second-order valence-corrected chi connectivity index (χ2v) is 2.79. The van der Waals surface area contributed by atoms with Gasteiger partial charge in [0, 0.05) is 0 Å². The van der Waals surface area contributed by atoms with E-state index in [1.54, 1.807) is 0 Å². The van der Waals surface area contributed by atoms with Gasteiger partial charge in [0.15, 0.2) is 0 Å². The van der Waals surface area contributed by atoms with Crippen LogP contribution in [0, 0.1) is 6.92 Å². The van der Waals surface area contributed by atoms with Crippen LogP contribution >= 0.6 is 0 Å². The van der Waals surface area contributed by atoms with E-state index in [-0.39, 0.29) is 0 Å². The van der Waals surface area contributed by atoms with Crippen LogP contribution in [0.25, 0.3) is 6.08 Å². The van der Waals surface area contributed by atoms with E-state index in [2.05, 4.69) is 50.3 Å². The van der Waals surface area contributed by atoms with Crippen molar-refractivity contribution in [3.05, 3.63) is 48.4 Å². The Morgan fingerprint density at radius 3 is 2.92 bits per heavy atom. The van der Waals surface area contributed by atoms with Gasteiger partial charge in [-0.15, -0.1) is 0 Å². The summed E-state index contributed by atoms with van der Waals surface area (Å²) in [5.74, 6) is 0. The molecule has 0 aliphatic carbocycles. The van der Waals surface area contributed by atoms with Crippen LogP contribution in [0.2, 0.25) is 0 Å². The number of benzene rings is 1. The third kappa shape index (κ3) is 2.54. The Morgan fingerprint density at radius 1 is 1.42 bits per heavy atom. The molecule has 0 heteroatoms. The summed E-state index contributed by atoms with van der Waals surface area (Å²) in [6.45, 7) is 5.93. The van der Waals surface area contributed by atoms with Crippen molar-refractivity contribution >= 4 is 6.08 Å². The maximum atomic E-state index is 3.76. The molecule has 1 aromatic rings. The molecular weight excluding hydrogens is 144 g/mol. The molecule has 0 nitrogen and oxygen atoms in total. The predicted molar refractivity (Wildman–Crippen MR) is 54.8 cm³/mol. The molecule has 0 aliphatic heterocycles. The van der Waals surface area contributed by atoms with E-state index in [1.807, 2.05) is 0 Å². The van der Waals surface area contributed by atoms with Crippen molar-refractivity contribution in [1.29, 1.82) is 0 Å². The van der Waals surface area contributed by atoms with Crippen LogP contribution in [-0.4, -0.2) is 0 Å². The zero-order valence-electron chi connectivity index (χ0n) is 7.59. The topological polar surface area (TPSA) is 0 Å². The van der Waals surface area contributed by atoms with E-state index >= 15 is 0 Å². The Bertz CT molecular complexity index is 258. The Balaban J connectivity index is 2.79. The van der Waals surface area contributed by atoms with Crippen molar-refractivity contribution in [3.8, 4) is 0 Å². The van der Waals surface area contributed by atoms with Crippen LogP contribution < -0.4 is 0 Å². The summed E-state index contributed by atoms with van der Waals surface area (Å²) >= 11 is 0. The molecule has 0 atom stereocenters. The smallest absolute Gasteiger partial charge is 0.0257 e. The van der Waals surface area contributed by atoms with Crippen LogP contribution in [0.1, 0.15) is 24.5 Å². The fourth-order valence-corrected chi connectivity index (χ4v) is 1.14. The lowest BCUT2D eigenvalue weighted by Crippen LogP contribution is -1.79. The van der Waals surface area contributed by atoms with Crippen LogP contribution in [0.3, 0.4) is 0 Å². The van der Waals surface area contributed by atoms with Crippen LogP contribution in [0.4, 0.5) is 0 Å². The highest BCUT2D eigenvalue weighted by Crippen LogP contribution is 2.07. The van der Waals surface area contributed by atoms with E-state index in [9.17, 15) is 0 Å². The maximum absolute atomic E-state index is 3.76. The largest absolute Gasteiger partial charge is 0.0839 e. The molecule has 0 heterocycles. The summed E-state index contributed by atoms with van der Waals surface area (Å²) in [6, 6.07) is 8.58. The summed E-state index contributed by atoms with van der Waals surface area (Å²) in [6.07, 6.45) is 6.16. The molecule has 0 fully saturated rings. The Hall–Kier alpha value is -1.04. The van der Waals surface area contributed by atoms with Gasteiger partial charge in [0.2, 0.25) is 0 Å².